The Labute approximate surface area is 310 Å². The first-order chi connectivity index (χ1) is 26.7. The summed E-state index contributed by atoms with van der Waals surface area (Å²) in [4.78, 5) is 15.4. The van der Waals surface area contributed by atoms with Gasteiger partial charge in [0.1, 0.15) is 16.9 Å². The molecule has 1 aliphatic carbocycles. The number of anilines is 1. The molecule has 0 spiro atoms. The summed E-state index contributed by atoms with van der Waals surface area (Å²) in [5.74, 6) is 1.71. The monoisotopic (exact) mass is 694 g/mol. The van der Waals surface area contributed by atoms with E-state index in [1.165, 1.54) is 0 Å². The average Bonchev–Trinajstić information content (AvgIpc) is 3.63. The highest BCUT2D eigenvalue weighted by atomic mass is 16.3. The van der Waals surface area contributed by atoms with Crippen LogP contribution in [0.4, 0.5) is 5.69 Å². The largest absolute Gasteiger partial charge is 0.456 e. The van der Waals surface area contributed by atoms with Gasteiger partial charge in [-0.05, 0) is 63.9 Å². The number of furan rings is 1. The highest BCUT2D eigenvalue weighted by Crippen LogP contribution is 2.39. The third-order valence-electron chi connectivity index (χ3n) is 9.84. The van der Waals surface area contributed by atoms with Crippen LogP contribution in [0.5, 0.6) is 0 Å². The zero-order valence-electron chi connectivity index (χ0n) is 28.9. The van der Waals surface area contributed by atoms with Crippen LogP contribution in [0.25, 0.3) is 84.1 Å². The maximum absolute atomic E-state index is 8.86. The Bertz CT molecular complexity index is 2980. The molecule has 54 heavy (non-hydrogen) atoms. The van der Waals surface area contributed by atoms with Gasteiger partial charge in [-0.2, -0.15) is 5.10 Å². The van der Waals surface area contributed by atoms with Crippen molar-refractivity contribution in [2.75, 3.05) is 5.43 Å². The van der Waals surface area contributed by atoms with Crippen molar-refractivity contribution < 1.29 is 4.42 Å². The fourth-order valence-corrected chi connectivity index (χ4v) is 7.27. The molecule has 10 rings (SSSR count). The molecule has 9 aromatic rings. The van der Waals surface area contributed by atoms with Crippen molar-refractivity contribution in [1.29, 1.82) is 5.41 Å². The standard InChI is InChI=1S/C47H30N6O/c48-39-27-26-30-24-22-29-23-25-32(28-38(29)42(30)44(39)53-52-33-14-5-2-6-15-33)34-16-7-8-17-35(34)46-49-45(31-12-3-1-4-13-31)50-47(51-46)37-19-11-21-41-43(37)36-18-9-10-20-40(36)54-41/h1-28,48,52H/b48-39?,53-44+. The normalized spacial score (nSPS) is 13.2. The molecular formula is C47H30N6O. The molecule has 0 unspecified atom stereocenters. The van der Waals surface area contributed by atoms with Crippen LogP contribution in [0.3, 0.4) is 0 Å². The van der Waals surface area contributed by atoms with Crippen molar-refractivity contribution in [3.63, 3.8) is 0 Å². The minimum Gasteiger partial charge on any atom is -0.456 e. The van der Waals surface area contributed by atoms with Gasteiger partial charge >= 0.3 is 0 Å². The van der Waals surface area contributed by atoms with Gasteiger partial charge in [-0.25, -0.2) is 15.0 Å². The second kappa shape index (κ2) is 12.9. The maximum atomic E-state index is 8.86. The van der Waals surface area contributed by atoms with Crippen LogP contribution < -0.4 is 5.43 Å². The van der Waals surface area contributed by atoms with E-state index < -0.39 is 0 Å². The third-order valence-corrected chi connectivity index (χ3v) is 9.84. The molecule has 0 fully saturated rings. The predicted octanol–water partition coefficient (Wildman–Crippen LogP) is 11.5. The van der Waals surface area contributed by atoms with Gasteiger partial charge in [-0.15, -0.1) is 0 Å². The molecule has 0 saturated carbocycles. The number of para-hydroxylation sites is 2. The van der Waals surface area contributed by atoms with Crippen LogP contribution in [0.15, 0.2) is 173 Å². The minimum absolute atomic E-state index is 0.343. The number of allylic oxidation sites excluding steroid dienone is 1. The van der Waals surface area contributed by atoms with Gasteiger partial charge in [-0.3, -0.25) is 10.8 Å². The summed E-state index contributed by atoms with van der Waals surface area (Å²) in [6, 6.07) is 52.8. The van der Waals surface area contributed by atoms with Gasteiger partial charge in [-0.1, -0.05) is 133 Å². The zero-order chi connectivity index (χ0) is 36.0. The molecule has 2 aromatic heterocycles. The van der Waals surface area contributed by atoms with Crippen molar-refractivity contribution in [2.45, 2.75) is 0 Å². The number of hydrazone groups is 1. The van der Waals surface area contributed by atoms with E-state index in [2.05, 4.69) is 54.0 Å². The van der Waals surface area contributed by atoms with Crippen molar-refractivity contribution in [3.8, 4) is 45.3 Å². The van der Waals surface area contributed by atoms with Crippen LogP contribution in [0.2, 0.25) is 0 Å². The average molecular weight is 695 g/mol. The fourth-order valence-electron chi connectivity index (χ4n) is 7.27. The van der Waals surface area contributed by atoms with Gasteiger partial charge in [0.15, 0.2) is 17.5 Å². The molecule has 1 aliphatic rings. The Morgan fingerprint density at radius 2 is 1.19 bits per heavy atom. The molecule has 0 saturated heterocycles. The molecule has 7 aromatic carbocycles. The third kappa shape index (κ3) is 5.43. The number of nitrogens with one attached hydrogen (secondary N) is 2. The smallest absolute Gasteiger partial charge is 0.164 e. The van der Waals surface area contributed by atoms with Gasteiger partial charge in [0, 0.05) is 33.0 Å². The van der Waals surface area contributed by atoms with E-state index >= 15 is 0 Å². The Balaban J connectivity index is 1.16. The number of nitrogens with zero attached hydrogens (tertiary/aromatic N) is 4. The number of rotatable bonds is 6. The summed E-state index contributed by atoms with van der Waals surface area (Å²) >= 11 is 0. The second-order valence-electron chi connectivity index (χ2n) is 13.1. The predicted molar refractivity (Wildman–Crippen MR) is 220 cm³/mol. The molecule has 254 valence electrons. The summed E-state index contributed by atoms with van der Waals surface area (Å²) in [5, 5.41) is 17.7. The first-order valence-electron chi connectivity index (χ1n) is 17.7. The Hall–Kier alpha value is -7.51. The summed E-state index contributed by atoms with van der Waals surface area (Å²) in [6.45, 7) is 0. The highest BCUT2D eigenvalue weighted by Gasteiger charge is 2.22. The molecule has 0 atom stereocenters. The lowest BCUT2D eigenvalue weighted by atomic mass is 9.87. The number of aromatic nitrogens is 3. The van der Waals surface area contributed by atoms with E-state index in [9.17, 15) is 0 Å². The van der Waals surface area contributed by atoms with Crippen LogP contribution in [-0.2, 0) is 0 Å². The molecule has 0 radical (unpaired) electrons. The van der Waals surface area contributed by atoms with E-state index in [1.807, 2.05) is 115 Å². The van der Waals surface area contributed by atoms with Gasteiger partial charge < -0.3 is 4.42 Å². The fraction of sp³-hybridized carbons (Fsp3) is 0. The van der Waals surface area contributed by atoms with Crippen LogP contribution in [0.1, 0.15) is 11.1 Å². The summed E-state index contributed by atoms with van der Waals surface area (Å²) < 4.78 is 6.25. The molecule has 0 bridgehead atoms. The lowest BCUT2D eigenvalue weighted by Gasteiger charge is -2.18. The molecule has 7 nitrogen and oxygen atoms in total. The van der Waals surface area contributed by atoms with Crippen LogP contribution >= 0.6 is 0 Å². The lowest BCUT2D eigenvalue weighted by Crippen LogP contribution is -2.19. The summed E-state index contributed by atoms with van der Waals surface area (Å²) in [7, 11) is 0. The SMILES string of the molecule is N=C1C=Cc2ccc3ccc(-c4ccccc4-c4nc(-c5ccccc5)nc(-c5cccc6oc7ccccc7c56)n4)cc3c2/C1=N/Nc1ccccc1. The van der Waals surface area contributed by atoms with Crippen molar-refractivity contribution in [3.05, 3.63) is 175 Å². The Morgan fingerprint density at radius 3 is 2.04 bits per heavy atom. The summed E-state index contributed by atoms with van der Waals surface area (Å²) in [6.07, 6.45) is 3.79. The van der Waals surface area contributed by atoms with E-state index in [-0.39, 0.29) is 0 Å². The topological polar surface area (TPSA) is 100 Å². The minimum atomic E-state index is 0.343. The molecule has 7 heteroatoms. The summed E-state index contributed by atoms with van der Waals surface area (Å²) in [5.41, 5.74) is 13.1. The molecule has 2 heterocycles. The first-order valence-corrected chi connectivity index (χ1v) is 17.7. The van der Waals surface area contributed by atoms with E-state index in [0.29, 0.717) is 28.9 Å². The van der Waals surface area contributed by atoms with Gasteiger partial charge in [0.2, 0.25) is 0 Å². The van der Waals surface area contributed by atoms with Crippen molar-refractivity contribution in [2.24, 2.45) is 5.10 Å². The molecular weight excluding hydrogens is 665 g/mol. The molecule has 2 N–H and O–H groups in total. The number of hydrogen-bond donors (Lipinski definition) is 2. The zero-order valence-corrected chi connectivity index (χ0v) is 28.9. The quantitative estimate of drug-likeness (QED) is 0.169. The van der Waals surface area contributed by atoms with E-state index in [1.54, 1.807) is 6.08 Å². The molecule has 0 aliphatic heterocycles. The van der Waals surface area contributed by atoms with E-state index in [0.717, 1.165) is 77.3 Å². The van der Waals surface area contributed by atoms with Gasteiger partial charge in [0.25, 0.3) is 0 Å². The van der Waals surface area contributed by atoms with Gasteiger partial charge in [0.05, 0.1) is 11.4 Å². The highest BCUT2D eigenvalue weighted by molar-refractivity contribution is 6.55. The van der Waals surface area contributed by atoms with Crippen molar-refractivity contribution >= 4 is 55.9 Å². The van der Waals surface area contributed by atoms with E-state index in [4.69, 9.17) is 29.9 Å². The Morgan fingerprint density at radius 1 is 0.519 bits per heavy atom. The lowest BCUT2D eigenvalue weighted by molar-refractivity contribution is 0.669. The van der Waals surface area contributed by atoms with Crippen LogP contribution in [0, 0.1) is 5.41 Å². The maximum Gasteiger partial charge on any atom is 0.164 e. The van der Waals surface area contributed by atoms with Crippen molar-refractivity contribution in [1.82, 2.24) is 15.0 Å². The molecule has 0 amide bonds. The first kappa shape index (κ1) is 31.2. The second-order valence-corrected chi connectivity index (χ2v) is 13.1. The number of fused-ring (bicyclic) bond motifs is 6. The van der Waals surface area contributed by atoms with Crippen LogP contribution in [-0.4, -0.2) is 26.4 Å². The number of hydrogen-bond acceptors (Lipinski definition) is 7. The Kier molecular flexibility index (Phi) is 7.47. The number of benzene rings is 7.